The van der Waals surface area contributed by atoms with Crippen LogP contribution in [0.5, 0.6) is 0 Å². The largest absolute Gasteiger partial charge is 0.480 e. The molecule has 0 aromatic heterocycles. The fraction of sp³-hybridized carbons (Fsp3) is 0.500. The van der Waals surface area contributed by atoms with Gasteiger partial charge in [-0.25, -0.2) is 9.59 Å². The summed E-state index contributed by atoms with van der Waals surface area (Å²) < 4.78 is 0. The predicted octanol–water partition coefficient (Wildman–Crippen LogP) is 2.85. The molecule has 2 atom stereocenters. The van der Waals surface area contributed by atoms with Crippen LogP contribution < -0.4 is 10.6 Å². The van der Waals surface area contributed by atoms with Gasteiger partial charge in [0, 0.05) is 0 Å². The van der Waals surface area contributed by atoms with Crippen molar-refractivity contribution in [2.24, 2.45) is 5.41 Å². The highest BCUT2D eigenvalue weighted by molar-refractivity contribution is 5.83. The lowest BCUT2D eigenvalue weighted by atomic mass is 9.87. The maximum absolute atomic E-state index is 12.0. The van der Waals surface area contributed by atoms with E-state index in [4.69, 9.17) is 0 Å². The Morgan fingerprint density at radius 1 is 1.14 bits per heavy atom. The number of carboxylic acids is 1. The van der Waals surface area contributed by atoms with Crippen molar-refractivity contribution in [1.82, 2.24) is 10.6 Å². The fourth-order valence-electron chi connectivity index (χ4n) is 2.17. The van der Waals surface area contributed by atoms with E-state index >= 15 is 0 Å². The van der Waals surface area contributed by atoms with Gasteiger partial charge in [-0.1, -0.05) is 45.0 Å². The second-order valence-corrected chi connectivity index (χ2v) is 6.33. The molecule has 0 bridgehead atoms. The van der Waals surface area contributed by atoms with Crippen LogP contribution in [0.4, 0.5) is 4.79 Å². The number of carbonyl (C=O) groups is 2. The van der Waals surface area contributed by atoms with Gasteiger partial charge in [0.2, 0.25) is 0 Å². The highest BCUT2D eigenvalue weighted by Crippen LogP contribution is 2.20. The van der Waals surface area contributed by atoms with Crippen LogP contribution in [-0.4, -0.2) is 23.1 Å². The van der Waals surface area contributed by atoms with E-state index < -0.39 is 23.5 Å². The van der Waals surface area contributed by atoms with Gasteiger partial charge in [0.15, 0.2) is 0 Å². The minimum absolute atomic E-state index is 0.194. The summed E-state index contributed by atoms with van der Waals surface area (Å²) in [5.74, 6) is -1.04. The third-order valence-corrected chi connectivity index (χ3v) is 3.39. The zero-order chi connectivity index (χ0) is 16.2. The number of nitrogens with one attached hydrogen (secondary N) is 2. The molecule has 0 aliphatic heterocycles. The molecule has 0 saturated heterocycles. The molecule has 21 heavy (non-hydrogen) atoms. The van der Waals surface area contributed by atoms with Crippen LogP contribution in [0.2, 0.25) is 0 Å². The Morgan fingerprint density at radius 2 is 1.71 bits per heavy atom. The van der Waals surface area contributed by atoms with E-state index in [-0.39, 0.29) is 6.04 Å². The molecule has 3 N–H and O–H groups in total. The van der Waals surface area contributed by atoms with Crippen LogP contribution in [0, 0.1) is 12.3 Å². The monoisotopic (exact) mass is 292 g/mol. The molecule has 2 unspecified atom stereocenters. The molecule has 116 valence electrons. The molecular formula is C16H24N2O3. The second-order valence-electron chi connectivity index (χ2n) is 6.33. The Bertz CT molecular complexity index is 520. The van der Waals surface area contributed by atoms with Crippen molar-refractivity contribution in [2.45, 2.75) is 46.7 Å². The standard InChI is InChI=1S/C16H24N2O3/c1-10-8-6-7-9-12(10)11(2)17-15(21)18-13(14(19)20)16(3,4)5/h6-9,11,13H,1-5H3,(H,19,20)(H2,17,18,21). The van der Waals surface area contributed by atoms with Crippen molar-refractivity contribution >= 4 is 12.0 Å². The smallest absolute Gasteiger partial charge is 0.326 e. The normalized spacial score (nSPS) is 14.1. The topological polar surface area (TPSA) is 78.4 Å². The number of amides is 2. The SMILES string of the molecule is Cc1ccccc1C(C)NC(=O)NC(C(=O)O)C(C)(C)C. The Kier molecular flexibility index (Phi) is 5.35. The van der Waals surface area contributed by atoms with E-state index in [9.17, 15) is 14.7 Å². The molecule has 0 fully saturated rings. The zero-order valence-electron chi connectivity index (χ0n) is 13.2. The van der Waals surface area contributed by atoms with E-state index in [1.807, 2.05) is 38.1 Å². The number of urea groups is 1. The maximum atomic E-state index is 12.0. The van der Waals surface area contributed by atoms with Crippen LogP contribution in [0.15, 0.2) is 24.3 Å². The summed E-state index contributed by atoms with van der Waals surface area (Å²) >= 11 is 0. The van der Waals surface area contributed by atoms with E-state index in [1.165, 1.54) is 0 Å². The minimum Gasteiger partial charge on any atom is -0.480 e. The van der Waals surface area contributed by atoms with Crippen LogP contribution in [0.1, 0.15) is 44.9 Å². The Labute approximate surface area is 125 Å². The van der Waals surface area contributed by atoms with Crippen LogP contribution in [0.25, 0.3) is 0 Å². The molecule has 0 heterocycles. The summed E-state index contributed by atoms with van der Waals surface area (Å²) in [6.45, 7) is 9.17. The number of benzene rings is 1. The molecule has 1 aromatic carbocycles. The van der Waals surface area contributed by atoms with Crippen LogP contribution in [-0.2, 0) is 4.79 Å². The van der Waals surface area contributed by atoms with Crippen molar-refractivity contribution in [1.29, 1.82) is 0 Å². The van der Waals surface area contributed by atoms with Gasteiger partial charge >= 0.3 is 12.0 Å². The summed E-state index contributed by atoms with van der Waals surface area (Å²) in [4.78, 5) is 23.3. The number of rotatable bonds is 4. The van der Waals surface area contributed by atoms with Gasteiger partial charge in [-0.3, -0.25) is 0 Å². The maximum Gasteiger partial charge on any atom is 0.326 e. The molecular weight excluding hydrogens is 268 g/mol. The molecule has 1 rings (SSSR count). The highest BCUT2D eigenvalue weighted by atomic mass is 16.4. The van der Waals surface area contributed by atoms with Gasteiger partial charge in [0.25, 0.3) is 0 Å². The summed E-state index contributed by atoms with van der Waals surface area (Å²) in [5, 5.41) is 14.5. The Hall–Kier alpha value is -2.04. The van der Waals surface area contributed by atoms with E-state index in [0.717, 1.165) is 11.1 Å². The highest BCUT2D eigenvalue weighted by Gasteiger charge is 2.32. The lowest BCUT2D eigenvalue weighted by Crippen LogP contribution is -2.52. The van der Waals surface area contributed by atoms with Crippen molar-refractivity contribution in [3.05, 3.63) is 35.4 Å². The van der Waals surface area contributed by atoms with Gasteiger partial charge in [0.1, 0.15) is 6.04 Å². The van der Waals surface area contributed by atoms with E-state index in [1.54, 1.807) is 20.8 Å². The van der Waals surface area contributed by atoms with E-state index in [0.29, 0.717) is 0 Å². The number of aliphatic carboxylic acids is 1. The average Bonchev–Trinajstić information content (AvgIpc) is 2.34. The van der Waals surface area contributed by atoms with E-state index in [2.05, 4.69) is 10.6 Å². The first-order valence-electron chi connectivity index (χ1n) is 6.98. The average molecular weight is 292 g/mol. The minimum atomic E-state index is -1.04. The number of hydrogen-bond acceptors (Lipinski definition) is 2. The molecule has 0 saturated carbocycles. The quantitative estimate of drug-likeness (QED) is 0.798. The van der Waals surface area contributed by atoms with Crippen molar-refractivity contribution < 1.29 is 14.7 Å². The van der Waals surface area contributed by atoms with Gasteiger partial charge in [-0.05, 0) is 30.4 Å². The molecule has 0 aliphatic carbocycles. The van der Waals surface area contributed by atoms with Gasteiger partial charge < -0.3 is 15.7 Å². The van der Waals surface area contributed by atoms with Gasteiger partial charge in [0.05, 0.1) is 6.04 Å². The first-order valence-corrected chi connectivity index (χ1v) is 6.98. The number of aryl methyl sites for hydroxylation is 1. The van der Waals surface area contributed by atoms with Crippen molar-refractivity contribution in [2.75, 3.05) is 0 Å². The first-order chi connectivity index (χ1) is 9.62. The van der Waals surface area contributed by atoms with Gasteiger partial charge in [-0.2, -0.15) is 0 Å². The third kappa shape index (κ3) is 4.77. The summed E-state index contributed by atoms with van der Waals surface area (Å²) in [7, 11) is 0. The van der Waals surface area contributed by atoms with Gasteiger partial charge in [-0.15, -0.1) is 0 Å². The molecule has 0 spiro atoms. The van der Waals surface area contributed by atoms with Crippen LogP contribution >= 0.6 is 0 Å². The Balaban J connectivity index is 2.73. The molecule has 1 aromatic rings. The summed E-state index contributed by atoms with van der Waals surface area (Å²) in [6, 6.07) is 6.15. The first kappa shape index (κ1) is 17.0. The molecule has 5 nitrogen and oxygen atoms in total. The van der Waals surface area contributed by atoms with Crippen molar-refractivity contribution in [3.63, 3.8) is 0 Å². The molecule has 0 radical (unpaired) electrons. The van der Waals surface area contributed by atoms with Crippen molar-refractivity contribution in [3.8, 4) is 0 Å². The lowest BCUT2D eigenvalue weighted by molar-refractivity contribution is -0.141. The second kappa shape index (κ2) is 6.61. The fourth-order valence-corrected chi connectivity index (χ4v) is 2.17. The zero-order valence-corrected chi connectivity index (χ0v) is 13.2. The number of carboxylic acid groups (broad SMARTS) is 1. The number of carbonyl (C=O) groups excluding carboxylic acids is 1. The summed E-state index contributed by atoms with van der Waals surface area (Å²) in [6.07, 6.45) is 0. The summed E-state index contributed by atoms with van der Waals surface area (Å²) in [5.41, 5.74) is 1.53. The number of hydrogen-bond donors (Lipinski definition) is 3. The lowest BCUT2D eigenvalue weighted by Gasteiger charge is -2.28. The molecule has 5 heteroatoms. The predicted molar refractivity (Wildman–Crippen MR) is 82.1 cm³/mol. The molecule has 0 aliphatic rings. The molecule has 2 amide bonds. The third-order valence-electron chi connectivity index (χ3n) is 3.39. The Morgan fingerprint density at radius 3 is 2.19 bits per heavy atom. The van der Waals surface area contributed by atoms with Crippen LogP contribution in [0.3, 0.4) is 0 Å².